The summed E-state index contributed by atoms with van der Waals surface area (Å²) in [6, 6.07) is 2.46. The Balaban J connectivity index is 3.71. The van der Waals surface area contributed by atoms with Gasteiger partial charge in [-0.05, 0) is 12.1 Å². The topological polar surface area (TPSA) is 66.9 Å². The third kappa shape index (κ3) is 1.95. The average molecular weight is 232 g/mol. The predicted molar refractivity (Wildman–Crippen MR) is 44.6 cm³/mol. The molecule has 0 atom stereocenters. The lowest BCUT2D eigenvalue weighted by Gasteiger charge is -2.12. The van der Waals surface area contributed by atoms with Crippen molar-refractivity contribution in [2.45, 2.75) is 6.18 Å². The number of halogens is 4. The van der Waals surface area contributed by atoms with Gasteiger partial charge in [-0.25, -0.2) is 4.39 Å². The number of nitrogens with zero attached hydrogens (tertiary/aromatic N) is 1. The predicted octanol–water partition coefficient (Wildman–Crippen LogP) is 1.82. The first-order valence-electron chi connectivity index (χ1n) is 3.88. The van der Waals surface area contributed by atoms with Crippen molar-refractivity contribution < 1.29 is 22.4 Å². The Labute approximate surface area is 87.1 Å². The van der Waals surface area contributed by atoms with Crippen LogP contribution in [0, 0.1) is 17.1 Å². The highest BCUT2D eigenvalue weighted by molar-refractivity contribution is 5.95. The summed E-state index contributed by atoms with van der Waals surface area (Å²) < 4.78 is 50.6. The van der Waals surface area contributed by atoms with E-state index >= 15 is 0 Å². The monoisotopic (exact) mass is 232 g/mol. The minimum atomic E-state index is -5.02. The Morgan fingerprint density at radius 3 is 2.31 bits per heavy atom. The molecule has 0 saturated carbocycles. The lowest BCUT2D eigenvalue weighted by molar-refractivity contribution is -0.138. The van der Waals surface area contributed by atoms with Gasteiger partial charge in [0.2, 0.25) is 0 Å². The molecule has 0 radical (unpaired) electrons. The Morgan fingerprint density at radius 2 is 1.94 bits per heavy atom. The summed E-state index contributed by atoms with van der Waals surface area (Å²) in [6.45, 7) is 0. The molecule has 2 N–H and O–H groups in total. The number of primary amides is 1. The Kier molecular flexibility index (Phi) is 2.85. The highest BCUT2D eigenvalue weighted by Gasteiger charge is 2.39. The van der Waals surface area contributed by atoms with Crippen LogP contribution < -0.4 is 5.73 Å². The molecule has 16 heavy (non-hydrogen) atoms. The molecule has 84 valence electrons. The third-order valence-corrected chi connectivity index (χ3v) is 1.80. The zero-order chi connectivity index (χ0) is 12.5. The summed E-state index contributed by atoms with van der Waals surface area (Å²) in [5.41, 5.74) is 0.853. The van der Waals surface area contributed by atoms with Gasteiger partial charge in [0.1, 0.15) is 5.82 Å². The second-order valence-corrected chi connectivity index (χ2v) is 2.82. The van der Waals surface area contributed by atoms with E-state index < -0.39 is 34.6 Å². The minimum Gasteiger partial charge on any atom is -0.365 e. The maximum atomic E-state index is 13.0. The summed E-state index contributed by atoms with van der Waals surface area (Å²) in [4.78, 5) is 10.7. The SMILES string of the molecule is N#Cc1ccc(F)c(C(N)=O)c1C(F)(F)F. The molecule has 0 aliphatic heterocycles. The van der Waals surface area contributed by atoms with Crippen LogP contribution in [0.1, 0.15) is 21.5 Å². The van der Waals surface area contributed by atoms with Crippen LogP contribution in [0.4, 0.5) is 17.6 Å². The van der Waals surface area contributed by atoms with E-state index in [1.807, 2.05) is 0 Å². The number of amides is 1. The van der Waals surface area contributed by atoms with E-state index in [9.17, 15) is 22.4 Å². The van der Waals surface area contributed by atoms with Gasteiger partial charge in [0.05, 0.1) is 22.8 Å². The summed E-state index contributed by atoms with van der Waals surface area (Å²) >= 11 is 0. The van der Waals surface area contributed by atoms with Crippen molar-refractivity contribution in [2.75, 3.05) is 0 Å². The zero-order valence-corrected chi connectivity index (χ0v) is 7.60. The van der Waals surface area contributed by atoms with Crippen LogP contribution in [-0.2, 0) is 6.18 Å². The van der Waals surface area contributed by atoms with Crippen molar-refractivity contribution in [3.8, 4) is 6.07 Å². The zero-order valence-electron chi connectivity index (χ0n) is 7.60. The van der Waals surface area contributed by atoms with Crippen LogP contribution in [0.25, 0.3) is 0 Å². The molecule has 0 aliphatic carbocycles. The second kappa shape index (κ2) is 3.81. The molecule has 0 heterocycles. The van der Waals surface area contributed by atoms with Gasteiger partial charge in [-0.3, -0.25) is 4.79 Å². The maximum absolute atomic E-state index is 13.0. The molecule has 1 aromatic rings. The molecule has 0 bridgehead atoms. The van der Waals surface area contributed by atoms with Crippen LogP contribution in [0.2, 0.25) is 0 Å². The first-order valence-corrected chi connectivity index (χ1v) is 3.88. The fourth-order valence-electron chi connectivity index (χ4n) is 1.21. The minimum absolute atomic E-state index is 0.591. The Morgan fingerprint density at radius 1 is 1.38 bits per heavy atom. The smallest absolute Gasteiger partial charge is 0.365 e. The number of nitrogens with two attached hydrogens (primary N) is 1. The lowest BCUT2D eigenvalue weighted by atomic mass is 10.00. The molecule has 0 spiro atoms. The Bertz CT molecular complexity index is 488. The normalized spacial score (nSPS) is 10.9. The summed E-state index contributed by atoms with van der Waals surface area (Å²) in [5, 5.41) is 8.45. The summed E-state index contributed by atoms with van der Waals surface area (Å²) in [6.07, 6.45) is -5.02. The number of carbonyl (C=O) groups is 1. The molecule has 7 heteroatoms. The molecule has 0 unspecified atom stereocenters. The summed E-state index contributed by atoms with van der Waals surface area (Å²) in [7, 11) is 0. The number of carbonyl (C=O) groups excluding carboxylic acids is 1. The van der Waals surface area contributed by atoms with Crippen molar-refractivity contribution in [3.63, 3.8) is 0 Å². The fraction of sp³-hybridized carbons (Fsp3) is 0.111. The van der Waals surface area contributed by atoms with E-state index in [-0.39, 0.29) is 0 Å². The number of alkyl halides is 3. The third-order valence-electron chi connectivity index (χ3n) is 1.80. The van der Waals surface area contributed by atoms with Crippen molar-refractivity contribution in [2.24, 2.45) is 5.73 Å². The highest BCUT2D eigenvalue weighted by atomic mass is 19.4. The molecule has 0 saturated heterocycles. The largest absolute Gasteiger partial charge is 0.418 e. The maximum Gasteiger partial charge on any atom is 0.418 e. The lowest BCUT2D eigenvalue weighted by Crippen LogP contribution is -2.22. The standard InChI is InChI=1S/C9H4F4N2O/c10-5-2-1-4(3-14)7(9(11,12)13)6(5)8(15)16/h1-2H,(H2,15,16). The van der Waals surface area contributed by atoms with E-state index in [4.69, 9.17) is 5.26 Å². The molecule has 0 fully saturated rings. The van der Waals surface area contributed by atoms with Crippen LogP contribution in [-0.4, -0.2) is 5.91 Å². The van der Waals surface area contributed by atoms with Crippen LogP contribution in [0.3, 0.4) is 0 Å². The van der Waals surface area contributed by atoms with Gasteiger partial charge >= 0.3 is 6.18 Å². The fourth-order valence-corrected chi connectivity index (χ4v) is 1.21. The number of hydrogen-bond acceptors (Lipinski definition) is 2. The number of rotatable bonds is 1. The van der Waals surface area contributed by atoms with Crippen molar-refractivity contribution >= 4 is 5.91 Å². The van der Waals surface area contributed by atoms with Gasteiger partial charge in [-0.15, -0.1) is 0 Å². The van der Waals surface area contributed by atoms with Gasteiger partial charge < -0.3 is 5.73 Å². The quantitative estimate of drug-likeness (QED) is 0.750. The van der Waals surface area contributed by atoms with Gasteiger partial charge in [0, 0.05) is 0 Å². The molecule has 1 amide bonds. The first kappa shape index (κ1) is 12.0. The average Bonchev–Trinajstić information content (AvgIpc) is 2.15. The van der Waals surface area contributed by atoms with Crippen LogP contribution in [0.15, 0.2) is 12.1 Å². The molecular formula is C9H4F4N2O. The molecule has 3 nitrogen and oxygen atoms in total. The van der Waals surface area contributed by atoms with E-state index in [0.29, 0.717) is 12.1 Å². The Hall–Kier alpha value is -2.10. The van der Waals surface area contributed by atoms with Gasteiger partial charge in [-0.2, -0.15) is 18.4 Å². The molecule has 1 aromatic carbocycles. The van der Waals surface area contributed by atoms with E-state index in [0.717, 1.165) is 0 Å². The van der Waals surface area contributed by atoms with Crippen molar-refractivity contribution in [1.29, 1.82) is 5.26 Å². The summed E-state index contributed by atoms with van der Waals surface area (Å²) in [5.74, 6) is -2.97. The molecular weight excluding hydrogens is 228 g/mol. The van der Waals surface area contributed by atoms with Gasteiger partial charge in [-0.1, -0.05) is 0 Å². The molecule has 0 aromatic heterocycles. The number of benzene rings is 1. The van der Waals surface area contributed by atoms with E-state index in [1.165, 1.54) is 6.07 Å². The van der Waals surface area contributed by atoms with Crippen molar-refractivity contribution in [3.05, 3.63) is 34.6 Å². The first-order chi connectivity index (χ1) is 7.29. The number of nitriles is 1. The van der Waals surface area contributed by atoms with Gasteiger partial charge in [0.15, 0.2) is 0 Å². The molecule has 1 rings (SSSR count). The second-order valence-electron chi connectivity index (χ2n) is 2.82. The van der Waals surface area contributed by atoms with E-state index in [2.05, 4.69) is 5.73 Å². The van der Waals surface area contributed by atoms with E-state index in [1.54, 1.807) is 0 Å². The molecule has 0 aliphatic rings. The van der Waals surface area contributed by atoms with Crippen molar-refractivity contribution in [1.82, 2.24) is 0 Å². The van der Waals surface area contributed by atoms with Gasteiger partial charge in [0.25, 0.3) is 5.91 Å². The highest BCUT2D eigenvalue weighted by Crippen LogP contribution is 2.35. The van der Waals surface area contributed by atoms with Crippen LogP contribution in [0.5, 0.6) is 0 Å². The van der Waals surface area contributed by atoms with Crippen LogP contribution >= 0.6 is 0 Å². The number of hydrogen-bond donors (Lipinski definition) is 1.